The third kappa shape index (κ3) is 3.42. The lowest BCUT2D eigenvalue weighted by atomic mass is 10.1. The lowest BCUT2D eigenvalue weighted by Gasteiger charge is -2.28. The first-order chi connectivity index (χ1) is 11.5. The summed E-state index contributed by atoms with van der Waals surface area (Å²) >= 11 is 0. The monoisotopic (exact) mass is 351 g/mol. The molecule has 2 aliphatic rings. The molecule has 7 heteroatoms. The van der Waals surface area contributed by atoms with E-state index in [1.54, 1.807) is 24.3 Å². The number of sulfonamides is 1. The summed E-state index contributed by atoms with van der Waals surface area (Å²) in [6.07, 6.45) is 2.50. The van der Waals surface area contributed by atoms with E-state index >= 15 is 0 Å². The highest BCUT2D eigenvalue weighted by Gasteiger charge is 2.30. The quantitative estimate of drug-likeness (QED) is 0.871. The van der Waals surface area contributed by atoms with Gasteiger partial charge in [-0.3, -0.25) is 9.10 Å². The average molecular weight is 351 g/mol. The van der Waals surface area contributed by atoms with Gasteiger partial charge in [0.05, 0.1) is 11.4 Å². The van der Waals surface area contributed by atoms with Crippen LogP contribution >= 0.6 is 0 Å². The number of carbonyl (C=O) groups is 1. The van der Waals surface area contributed by atoms with E-state index in [9.17, 15) is 13.2 Å². The van der Waals surface area contributed by atoms with Crippen LogP contribution in [-0.4, -0.2) is 57.2 Å². The largest absolute Gasteiger partial charge is 0.334 e. The molecule has 6 nitrogen and oxygen atoms in total. The average Bonchev–Trinajstić information content (AvgIpc) is 3.21. The minimum Gasteiger partial charge on any atom is -0.334 e. The highest BCUT2D eigenvalue weighted by molar-refractivity contribution is 7.93. The Kier molecular flexibility index (Phi) is 5.10. The van der Waals surface area contributed by atoms with Gasteiger partial charge in [0.1, 0.15) is 0 Å². The Morgan fingerprint density at radius 2 is 2.25 bits per heavy atom. The topological polar surface area (TPSA) is 69.7 Å². The van der Waals surface area contributed by atoms with Crippen molar-refractivity contribution in [2.75, 3.05) is 36.2 Å². The minimum atomic E-state index is -3.23. The van der Waals surface area contributed by atoms with Crippen LogP contribution in [0.5, 0.6) is 0 Å². The second-order valence-electron chi connectivity index (χ2n) is 6.44. The number of carbonyl (C=O) groups excluding carboxylic acids is 1. The Morgan fingerprint density at radius 1 is 1.42 bits per heavy atom. The summed E-state index contributed by atoms with van der Waals surface area (Å²) in [5.41, 5.74) is 1.16. The molecule has 1 N–H and O–H groups in total. The van der Waals surface area contributed by atoms with E-state index in [0.29, 0.717) is 24.2 Å². The molecule has 0 aliphatic carbocycles. The molecule has 24 heavy (non-hydrogen) atoms. The maximum Gasteiger partial charge on any atom is 0.254 e. The van der Waals surface area contributed by atoms with Gasteiger partial charge in [-0.15, -0.1) is 0 Å². The van der Waals surface area contributed by atoms with Gasteiger partial charge in [-0.25, -0.2) is 8.42 Å². The van der Waals surface area contributed by atoms with Crippen molar-refractivity contribution < 1.29 is 13.2 Å². The zero-order valence-corrected chi connectivity index (χ0v) is 14.9. The Hall–Kier alpha value is -1.60. The lowest BCUT2D eigenvalue weighted by Crippen LogP contribution is -2.42. The zero-order chi connectivity index (χ0) is 17.2. The molecule has 1 aromatic rings. The van der Waals surface area contributed by atoms with E-state index in [1.165, 1.54) is 4.31 Å². The summed E-state index contributed by atoms with van der Waals surface area (Å²) in [5.74, 6) is 0.171. The molecule has 1 atom stereocenters. The van der Waals surface area contributed by atoms with Gasteiger partial charge in [0, 0.05) is 31.2 Å². The summed E-state index contributed by atoms with van der Waals surface area (Å²) in [4.78, 5) is 14.9. The van der Waals surface area contributed by atoms with Gasteiger partial charge >= 0.3 is 0 Å². The number of benzene rings is 1. The standard InChI is InChI=1S/C17H25N3O3S/c1-2-9-19(16-7-8-18-13-16)17(21)14-5-3-6-15(12-14)20-10-4-11-24(20,22)23/h3,5-6,12,16,18H,2,4,7-11,13H2,1H3. The maximum atomic E-state index is 13.0. The number of hydrogen-bond acceptors (Lipinski definition) is 4. The summed E-state index contributed by atoms with van der Waals surface area (Å²) in [5, 5.41) is 3.30. The van der Waals surface area contributed by atoms with Crippen LogP contribution < -0.4 is 9.62 Å². The molecule has 0 radical (unpaired) electrons. The third-order valence-electron chi connectivity index (χ3n) is 4.68. The predicted octanol–water partition coefficient (Wildman–Crippen LogP) is 1.44. The fourth-order valence-corrected chi connectivity index (χ4v) is 5.04. The van der Waals surface area contributed by atoms with Crippen molar-refractivity contribution in [2.45, 2.75) is 32.2 Å². The first-order valence-corrected chi connectivity index (χ1v) is 10.3. The molecule has 2 heterocycles. The molecule has 0 saturated carbocycles. The van der Waals surface area contributed by atoms with Crippen LogP contribution in [0.3, 0.4) is 0 Å². The van der Waals surface area contributed by atoms with Gasteiger partial charge < -0.3 is 10.2 Å². The van der Waals surface area contributed by atoms with E-state index in [-0.39, 0.29) is 17.7 Å². The summed E-state index contributed by atoms with van der Waals surface area (Å²) < 4.78 is 25.6. The second kappa shape index (κ2) is 7.11. The van der Waals surface area contributed by atoms with Crippen molar-refractivity contribution in [1.82, 2.24) is 10.2 Å². The Morgan fingerprint density at radius 3 is 2.88 bits per heavy atom. The molecular formula is C17H25N3O3S. The van der Waals surface area contributed by atoms with Crippen molar-refractivity contribution in [3.8, 4) is 0 Å². The highest BCUT2D eigenvalue weighted by Crippen LogP contribution is 2.25. The van der Waals surface area contributed by atoms with Crippen molar-refractivity contribution >= 4 is 21.6 Å². The van der Waals surface area contributed by atoms with Crippen molar-refractivity contribution in [2.24, 2.45) is 0 Å². The molecule has 0 bridgehead atoms. The van der Waals surface area contributed by atoms with Crippen molar-refractivity contribution in [1.29, 1.82) is 0 Å². The Labute approximate surface area is 143 Å². The number of nitrogens with zero attached hydrogens (tertiary/aromatic N) is 2. The molecule has 3 rings (SSSR count). The zero-order valence-electron chi connectivity index (χ0n) is 14.1. The number of amides is 1. The first kappa shape index (κ1) is 17.2. The number of anilines is 1. The Bertz CT molecular complexity index is 699. The van der Waals surface area contributed by atoms with E-state index in [1.807, 2.05) is 4.90 Å². The molecule has 2 saturated heterocycles. The summed E-state index contributed by atoms with van der Waals surface area (Å²) in [7, 11) is -3.23. The number of hydrogen-bond donors (Lipinski definition) is 1. The van der Waals surface area contributed by atoms with Gasteiger partial charge in [-0.05, 0) is 44.0 Å². The molecule has 1 amide bonds. The minimum absolute atomic E-state index is 0.0102. The fraction of sp³-hybridized carbons (Fsp3) is 0.588. The normalized spacial score (nSPS) is 22.7. The van der Waals surface area contributed by atoms with Crippen LogP contribution in [0.4, 0.5) is 5.69 Å². The molecule has 1 aromatic carbocycles. The molecule has 2 fully saturated rings. The molecule has 1 unspecified atom stereocenters. The number of nitrogens with one attached hydrogen (secondary N) is 1. The lowest BCUT2D eigenvalue weighted by molar-refractivity contribution is 0.0692. The molecule has 0 aromatic heterocycles. The maximum absolute atomic E-state index is 13.0. The summed E-state index contributed by atoms with van der Waals surface area (Å²) in [6.45, 7) is 5.04. The van der Waals surface area contributed by atoms with Crippen LogP contribution in [0, 0.1) is 0 Å². The van der Waals surface area contributed by atoms with E-state index < -0.39 is 10.0 Å². The van der Waals surface area contributed by atoms with Crippen LogP contribution in [0.15, 0.2) is 24.3 Å². The molecule has 132 valence electrons. The SMILES string of the molecule is CCCN(C(=O)c1cccc(N2CCCS2(=O)=O)c1)C1CCNC1. The van der Waals surface area contributed by atoms with E-state index in [0.717, 1.165) is 32.5 Å². The van der Waals surface area contributed by atoms with E-state index in [2.05, 4.69) is 12.2 Å². The van der Waals surface area contributed by atoms with Crippen LogP contribution in [-0.2, 0) is 10.0 Å². The molecule has 2 aliphatic heterocycles. The Balaban J connectivity index is 1.85. The number of rotatable bonds is 5. The smallest absolute Gasteiger partial charge is 0.254 e. The van der Waals surface area contributed by atoms with Crippen LogP contribution in [0.25, 0.3) is 0 Å². The van der Waals surface area contributed by atoms with E-state index in [4.69, 9.17) is 0 Å². The highest BCUT2D eigenvalue weighted by atomic mass is 32.2. The third-order valence-corrected chi connectivity index (χ3v) is 6.55. The molecule has 0 spiro atoms. The second-order valence-corrected chi connectivity index (χ2v) is 8.45. The van der Waals surface area contributed by atoms with Gasteiger partial charge in [-0.1, -0.05) is 13.0 Å². The van der Waals surface area contributed by atoms with Gasteiger partial charge in [-0.2, -0.15) is 0 Å². The summed E-state index contributed by atoms with van der Waals surface area (Å²) in [6, 6.07) is 7.25. The first-order valence-electron chi connectivity index (χ1n) is 8.65. The van der Waals surface area contributed by atoms with Gasteiger partial charge in [0.25, 0.3) is 5.91 Å². The fourth-order valence-electron chi connectivity index (χ4n) is 3.49. The van der Waals surface area contributed by atoms with Gasteiger partial charge in [0.2, 0.25) is 10.0 Å². The van der Waals surface area contributed by atoms with Crippen molar-refractivity contribution in [3.05, 3.63) is 29.8 Å². The van der Waals surface area contributed by atoms with Crippen LogP contribution in [0.1, 0.15) is 36.5 Å². The van der Waals surface area contributed by atoms with Crippen LogP contribution in [0.2, 0.25) is 0 Å². The predicted molar refractivity (Wildman–Crippen MR) is 94.8 cm³/mol. The van der Waals surface area contributed by atoms with Crippen molar-refractivity contribution in [3.63, 3.8) is 0 Å². The van der Waals surface area contributed by atoms with Gasteiger partial charge in [0.15, 0.2) is 0 Å². The molecular weight excluding hydrogens is 326 g/mol.